The van der Waals surface area contributed by atoms with Crippen LogP contribution in [0.5, 0.6) is 5.75 Å². The lowest BCUT2D eigenvalue weighted by atomic mass is 10.1. The fraction of sp³-hybridized carbons (Fsp3) is 0.304. The molecule has 0 saturated heterocycles. The van der Waals surface area contributed by atoms with E-state index in [9.17, 15) is 9.18 Å². The maximum Gasteiger partial charge on any atom is 0.259 e. The molecule has 0 saturated carbocycles. The highest BCUT2D eigenvalue weighted by atomic mass is 19.1. The third-order valence-electron chi connectivity index (χ3n) is 5.45. The molecular weight excluding hydrogens is 383 g/mol. The van der Waals surface area contributed by atoms with Crippen molar-refractivity contribution >= 4 is 11.6 Å². The molecule has 6 nitrogen and oxygen atoms in total. The summed E-state index contributed by atoms with van der Waals surface area (Å²) in [6.45, 7) is 5.37. The highest BCUT2D eigenvalue weighted by Gasteiger charge is 2.28. The molecule has 4 rings (SSSR count). The molecule has 0 amide bonds. The van der Waals surface area contributed by atoms with Gasteiger partial charge in [0.25, 0.3) is 5.56 Å². The summed E-state index contributed by atoms with van der Waals surface area (Å²) in [4.78, 5) is 22.0. The highest BCUT2D eigenvalue weighted by molar-refractivity contribution is 5.58. The van der Waals surface area contributed by atoms with Crippen molar-refractivity contribution in [3.8, 4) is 5.75 Å². The molecule has 1 aliphatic heterocycles. The summed E-state index contributed by atoms with van der Waals surface area (Å²) >= 11 is 0. The summed E-state index contributed by atoms with van der Waals surface area (Å²) in [6, 6.07) is 14.1. The Morgan fingerprint density at radius 1 is 1.10 bits per heavy atom. The van der Waals surface area contributed by atoms with E-state index in [2.05, 4.69) is 4.90 Å². The summed E-state index contributed by atoms with van der Waals surface area (Å²) in [5, 5.41) is 0. The van der Waals surface area contributed by atoms with Crippen LogP contribution in [-0.2, 0) is 19.6 Å². The van der Waals surface area contributed by atoms with Gasteiger partial charge in [0, 0.05) is 29.1 Å². The van der Waals surface area contributed by atoms with Crippen LogP contribution in [-0.4, -0.2) is 28.2 Å². The van der Waals surface area contributed by atoms with Gasteiger partial charge in [-0.3, -0.25) is 19.2 Å². The minimum absolute atomic E-state index is 0.0307. The third kappa shape index (κ3) is 3.68. The number of nitrogens with zero attached hydrogens (tertiary/aromatic N) is 4. The Kier molecular flexibility index (Phi) is 5.55. The molecule has 0 spiro atoms. The Hall–Kier alpha value is -3.19. The van der Waals surface area contributed by atoms with Crippen molar-refractivity contribution < 1.29 is 9.13 Å². The monoisotopic (exact) mass is 408 g/mol. The number of fused-ring (bicyclic) bond motifs is 1. The second-order valence-electron chi connectivity index (χ2n) is 7.39. The number of aromatic nitrogens is 2. The van der Waals surface area contributed by atoms with Gasteiger partial charge in [-0.05, 0) is 43.7 Å². The predicted molar refractivity (Wildman–Crippen MR) is 115 cm³/mol. The van der Waals surface area contributed by atoms with Crippen molar-refractivity contribution in [3.05, 3.63) is 81.5 Å². The van der Waals surface area contributed by atoms with Gasteiger partial charge in [0.15, 0.2) is 0 Å². The molecule has 1 aliphatic rings. The number of halogens is 1. The van der Waals surface area contributed by atoms with Crippen LogP contribution in [0.2, 0.25) is 0 Å². The molecule has 1 aromatic heterocycles. The molecule has 0 unspecified atom stereocenters. The normalized spacial score (nSPS) is 13.9. The van der Waals surface area contributed by atoms with Gasteiger partial charge in [-0.15, -0.1) is 0 Å². The van der Waals surface area contributed by atoms with E-state index in [4.69, 9.17) is 9.72 Å². The molecule has 156 valence electrons. The van der Waals surface area contributed by atoms with E-state index in [1.54, 1.807) is 23.8 Å². The Labute approximate surface area is 175 Å². The number of methoxy groups -OCH3 is 1. The van der Waals surface area contributed by atoms with Crippen LogP contribution in [0.3, 0.4) is 0 Å². The molecule has 30 heavy (non-hydrogen) atoms. The topological polar surface area (TPSA) is 50.6 Å². The fourth-order valence-corrected chi connectivity index (χ4v) is 3.93. The van der Waals surface area contributed by atoms with Crippen LogP contribution in [0.25, 0.3) is 0 Å². The van der Waals surface area contributed by atoms with Crippen LogP contribution in [0, 0.1) is 12.7 Å². The SMILES string of the molecule is CCc1c(C)nc2n(c1=O)CN(Cc1ccccc1OC)CN2c1ccc(F)cc1. The number of para-hydroxylation sites is 1. The molecule has 0 atom stereocenters. The Morgan fingerprint density at radius 2 is 1.83 bits per heavy atom. The number of anilines is 2. The second-order valence-corrected chi connectivity index (χ2v) is 7.39. The molecule has 2 aromatic carbocycles. The van der Waals surface area contributed by atoms with Crippen LogP contribution in [0.15, 0.2) is 53.3 Å². The van der Waals surface area contributed by atoms with E-state index in [1.165, 1.54) is 12.1 Å². The Bertz CT molecular complexity index is 1110. The maximum absolute atomic E-state index is 13.5. The smallest absolute Gasteiger partial charge is 0.259 e. The number of hydrogen-bond donors (Lipinski definition) is 0. The Balaban J connectivity index is 1.78. The van der Waals surface area contributed by atoms with Crippen molar-refractivity contribution in [2.75, 3.05) is 18.7 Å². The summed E-state index contributed by atoms with van der Waals surface area (Å²) in [5.41, 5.74) is 3.24. The highest BCUT2D eigenvalue weighted by Crippen LogP contribution is 2.29. The second kappa shape index (κ2) is 8.28. The lowest BCUT2D eigenvalue weighted by Crippen LogP contribution is -2.47. The lowest BCUT2D eigenvalue weighted by Gasteiger charge is -2.38. The quantitative estimate of drug-likeness (QED) is 0.642. The molecule has 7 heteroatoms. The molecule has 0 radical (unpaired) electrons. The first-order valence-electron chi connectivity index (χ1n) is 9.99. The average molecular weight is 408 g/mol. The van der Waals surface area contributed by atoms with Crippen molar-refractivity contribution in [3.63, 3.8) is 0 Å². The van der Waals surface area contributed by atoms with Gasteiger partial charge in [-0.2, -0.15) is 0 Å². The van der Waals surface area contributed by atoms with E-state index in [1.807, 2.05) is 43.0 Å². The minimum atomic E-state index is -0.301. The van der Waals surface area contributed by atoms with Crippen LogP contribution >= 0.6 is 0 Å². The van der Waals surface area contributed by atoms with Gasteiger partial charge in [0.2, 0.25) is 5.95 Å². The van der Waals surface area contributed by atoms with Crippen molar-refractivity contribution in [1.29, 1.82) is 0 Å². The van der Waals surface area contributed by atoms with Gasteiger partial charge in [-0.25, -0.2) is 9.37 Å². The average Bonchev–Trinajstić information content (AvgIpc) is 2.75. The Morgan fingerprint density at radius 3 is 2.53 bits per heavy atom. The zero-order valence-electron chi connectivity index (χ0n) is 17.4. The number of hydrogen-bond acceptors (Lipinski definition) is 5. The number of benzene rings is 2. The van der Waals surface area contributed by atoms with Gasteiger partial charge in [-0.1, -0.05) is 25.1 Å². The van der Waals surface area contributed by atoms with Crippen molar-refractivity contribution in [1.82, 2.24) is 14.5 Å². The maximum atomic E-state index is 13.5. The number of ether oxygens (including phenoxy) is 1. The first-order chi connectivity index (χ1) is 14.5. The van der Waals surface area contributed by atoms with Crippen LogP contribution in [0.1, 0.15) is 23.7 Å². The molecule has 0 fully saturated rings. The van der Waals surface area contributed by atoms with Crippen molar-refractivity contribution in [2.24, 2.45) is 0 Å². The molecular formula is C23H25FN4O2. The van der Waals surface area contributed by atoms with Gasteiger partial charge in [0.1, 0.15) is 11.6 Å². The summed E-state index contributed by atoms with van der Waals surface area (Å²) < 4.78 is 20.7. The van der Waals surface area contributed by atoms with E-state index in [0.717, 1.165) is 28.3 Å². The zero-order chi connectivity index (χ0) is 21.3. The molecule has 2 heterocycles. The molecule has 3 aromatic rings. The van der Waals surface area contributed by atoms with Crippen LogP contribution in [0.4, 0.5) is 16.0 Å². The minimum Gasteiger partial charge on any atom is -0.496 e. The summed E-state index contributed by atoms with van der Waals surface area (Å²) in [5.74, 6) is 1.09. The third-order valence-corrected chi connectivity index (χ3v) is 5.45. The van der Waals surface area contributed by atoms with E-state index in [0.29, 0.717) is 32.3 Å². The van der Waals surface area contributed by atoms with Crippen LogP contribution < -0.4 is 15.2 Å². The van der Waals surface area contributed by atoms with Gasteiger partial charge >= 0.3 is 0 Å². The van der Waals surface area contributed by atoms with E-state index < -0.39 is 0 Å². The van der Waals surface area contributed by atoms with Crippen molar-refractivity contribution in [2.45, 2.75) is 33.5 Å². The molecule has 0 N–H and O–H groups in total. The lowest BCUT2D eigenvalue weighted by molar-refractivity contribution is 0.187. The molecule has 0 aliphatic carbocycles. The summed E-state index contributed by atoms with van der Waals surface area (Å²) in [6.07, 6.45) is 0.626. The first kappa shape index (κ1) is 20.1. The summed E-state index contributed by atoms with van der Waals surface area (Å²) in [7, 11) is 1.65. The predicted octanol–water partition coefficient (Wildman–Crippen LogP) is 3.83. The zero-order valence-corrected chi connectivity index (χ0v) is 17.4. The number of rotatable bonds is 5. The largest absolute Gasteiger partial charge is 0.496 e. The van der Waals surface area contributed by atoms with Gasteiger partial charge in [0.05, 0.1) is 20.4 Å². The number of aryl methyl sites for hydroxylation is 1. The first-order valence-corrected chi connectivity index (χ1v) is 9.99. The fourth-order valence-electron chi connectivity index (χ4n) is 3.93. The van der Waals surface area contributed by atoms with E-state index >= 15 is 0 Å². The standard InChI is InChI=1S/C23H25FN4O2/c1-4-20-16(2)25-23-27(19-11-9-18(24)10-12-19)14-26(15-28(23)22(20)29)13-17-7-5-6-8-21(17)30-3/h5-12H,4,13-15H2,1-3H3. The molecule has 0 bridgehead atoms. The van der Waals surface area contributed by atoms with E-state index in [-0.39, 0.29) is 11.4 Å². The van der Waals surface area contributed by atoms with Gasteiger partial charge < -0.3 is 4.74 Å².